The number of halogens is 1. The molecule has 0 spiro atoms. The molecule has 4 heteroatoms. The molecule has 3 nitrogen and oxygen atoms in total. The Kier molecular flexibility index (Phi) is 4.55. The Morgan fingerprint density at radius 3 is 2.88 bits per heavy atom. The summed E-state index contributed by atoms with van der Waals surface area (Å²) in [5.74, 6) is -0.0402. The first-order valence-corrected chi connectivity index (χ1v) is 5.85. The Bertz CT molecular complexity index is 404. The van der Waals surface area contributed by atoms with Gasteiger partial charge in [-0.05, 0) is 35.0 Å². The molecule has 0 saturated carbocycles. The molecule has 1 aromatic carbocycles. The van der Waals surface area contributed by atoms with Crippen LogP contribution < -0.4 is 5.73 Å². The average Bonchev–Trinajstić information content (AvgIpc) is 2.29. The third-order valence-electron chi connectivity index (χ3n) is 2.28. The van der Waals surface area contributed by atoms with Crippen molar-refractivity contribution in [2.24, 2.45) is 0 Å². The van der Waals surface area contributed by atoms with E-state index in [1.54, 1.807) is 29.2 Å². The first-order chi connectivity index (χ1) is 7.61. The zero-order chi connectivity index (χ0) is 12.1. The van der Waals surface area contributed by atoms with E-state index in [2.05, 4.69) is 22.5 Å². The highest BCUT2D eigenvalue weighted by Crippen LogP contribution is 2.24. The van der Waals surface area contributed by atoms with Gasteiger partial charge in [0, 0.05) is 18.8 Å². The number of benzene rings is 1. The van der Waals surface area contributed by atoms with E-state index >= 15 is 0 Å². The van der Waals surface area contributed by atoms with Gasteiger partial charge < -0.3 is 10.6 Å². The van der Waals surface area contributed by atoms with Gasteiger partial charge in [-0.3, -0.25) is 4.79 Å². The quantitative estimate of drug-likeness (QED) is 0.682. The lowest BCUT2D eigenvalue weighted by molar-refractivity contribution is 0.0781. The van der Waals surface area contributed by atoms with Crippen molar-refractivity contribution in [2.75, 3.05) is 18.8 Å². The van der Waals surface area contributed by atoms with Crippen molar-refractivity contribution in [2.45, 2.75) is 6.92 Å². The zero-order valence-electron chi connectivity index (χ0n) is 9.24. The normalized spacial score (nSPS) is 9.88. The summed E-state index contributed by atoms with van der Waals surface area (Å²) in [5.41, 5.74) is 6.89. The van der Waals surface area contributed by atoms with Crippen LogP contribution in [-0.4, -0.2) is 23.9 Å². The fourth-order valence-electron chi connectivity index (χ4n) is 1.40. The molecule has 0 aliphatic rings. The van der Waals surface area contributed by atoms with E-state index in [-0.39, 0.29) is 5.91 Å². The lowest BCUT2D eigenvalue weighted by Gasteiger charge is -2.19. The largest absolute Gasteiger partial charge is 0.398 e. The highest BCUT2D eigenvalue weighted by atomic mass is 79.9. The van der Waals surface area contributed by atoms with Gasteiger partial charge in [-0.15, -0.1) is 6.58 Å². The van der Waals surface area contributed by atoms with Crippen LogP contribution in [0.5, 0.6) is 0 Å². The minimum absolute atomic E-state index is 0.0402. The van der Waals surface area contributed by atoms with Crippen molar-refractivity contribution < 1.29 is 4.79 Å². The predicted octanol–water partition coefficient (Wildman–Crippen LogP) is 2.68. The second-order valence-corrected chi connectivity index (χ2v) is 4.13. The Labute approximate surface area is 104 Å². The van der Waals surface area contributed by atoms with Crippen LogP contribution in [0.15, 0.2) is 35.3 Å². The molecule has 1 aromatic rings. The van der Waals surface area contributed by atoms with Gasteiger partial charge >= 0.3 is 0 Å². The van der Waals surface area contributed by atoms with Crippen molar-refractivity contribution in [3.8, 4) is 0 Å². The van der Waals surface area contributed by atoms with Crippen LogP contribution in [0.1, 0.15) is 17.3 Å². The van der Waals surface area contributed by atoms with Crippen LogP contribution in [0, 0.1) is 0 Å². The minimum atomic E-state index is -0.0402. The minimum Gasteiger partial charge on any atom is -0.398 e. The Balaban J connectivity index is 3.03. The number of rotatable bonds is 4. The van der Waals surface area contributed by atoms with E-state index in [0.717, 1.165) is 0 Å². The summed E-state index contributed by atoms with van der Waals surface area (Å²) in [6.07, 6.45) is 1.71. The molecule has 0 atom stereocenters. The molecule has 0 saturated heterocycles. The number of nitrogens with two attached hydrogens (primary N) is 1. The molecule has 0 aliphatic heterocycles. The van der Waals surface area contributed by atoms with Crippen molar-refractivity contribution in [3.05, 3.63) is 40.9 Å². The van der Waals surface area contributed by atoms with Crippen molar-refractivity contribution in [1.29, 1.82) is 0 Å². The molecular formula is C12H15BrN2O. The van der Waals surface area contributed by atoms with Gasteiger partial charge in [0.2, 0.25) is 0 Å². The number of carbonyl (C=O) groups excluding carboxylic acids is 1. The monoisotopic (exact) mass is 282 g/mol. The van der Waals surface area contributed by atoms with Gasteiger partial charge in [0.05, 0.1) is 10.0 Å². The fourth-order valence-corrected chi connectivity index (χ4v) is 1.83. The summed E-state index contributed by atoms with van der Waals surface area (Å²) >= 11 is 3.33. The SMILES string of the molecule is C=CCN(CC)C(=O)c1cccc(N)c1Br. The first-order valence-electron chi connectivity index (χ1n) is 5.06. The van der Waals surface area contributed by atoms with Gasteiger partial charge in [0.15, 0.2) is 0 Å². The van der Waals surface area contributed by atoms with Gasteiger partial charge in [0.25, 0.3) is 5.91 Å². The molecule has 0 fully saturated rings. The topological polar surface area (TPSA) is 46.3 Å². The van der Waals surface area contributed by atoms with Crippen molar-refractivity contribution in [1.82, 2.24) is 4.90 Å². The zero-order valence-corrected chi connectivity index (χ0v) is 10.8. The molecule has 86 valence electrons. The summed E-state index contributed by atoms with van der Waals surface area (Å²) < 4.78 is 0.655. The van der Waals surface area contributed by atoms with E-state index in [1.165, 1.54) is 0 Å². The van der Waals surface area contributed by atoms with Gasteiger partial charge in [-0.2, -0.15) is 0 Å². The standard InChI is InChI=1S/C12H15BrN2O/c1-3-8-15(4-2)12(16)9-6-5-7-10(14)11(9)13/h3,5-7H,1,4,8,14H2,2H3. The Hall–Kier alpha value is -1.29. The molecule has 0 unspecified atom stereocenters. The maximum Gasteiger partial charge on any atom is 0.255 e. The molecule has 2 N–H and O–H groups in total. The summed E-state index contributed by atoms with van der Waals surface area (Å²) in [6, 6.07) is 5.29. The van der Waals surface area contributed by atoms with Crippen LogP contribution in [0.2, 0.25) is 0 Å². The first kappa shape index (κ1) is 12.8. The molecule has 1 rings (SSSR count). The number of likely N-dealkylation sites (N-methyl/N-ethyl adjacent to an activating group) is 1. The molecule has 0 aliphatic carbocycles. The third kappa shape index (κ3) is 2.64. The summed E-state index contributed by atoms with van der Waals surface area (Å²) in [5, 5.41) is 0. The Morgan fingerprint density at radius 2 is 2.31 bits per heavy atom. The lowest BCUT2D eigenvalue weighted by atomic mass is 10.1. The van der Waals surface area contributed by atoms with E-state index in [1.807, 2.05) is 6.92 Å². The molecule has 0 aromatic heterocycles. The molecule has 16 heavy (non-hydrogen) atoms. The van der Waals surface area contributed by atoms with E-state index < -0.39 is 0 Å². The predicted molar refractivity (Wildman–Crippen MR) is 70.3 cm³/mol. The maximum absolute atomic E-state index is 12.1. The summed E-state index contributed by atoms with van der Waals surface area (Å²) in [4.78, 5) is 13.8. The maximum atomic E-state index is 12.1. The third-order valence-corrected chi connectivity index (χ3v) is 3.16. The summed E-state index contributed by atoms with van der Waals surface area (Å²) in [7, 11) is 0. The highest BCUT2D eigenvalue weighted by molar-refractivity contribution is 9.10. The van der Waals surface area contributed by atoms with Crippen LogP contribution in [0.4, 0.5) is 5.69 Å². The molecule has 0 bridgehead atoms. The number of carbonyl (C=O) groups is 1. The summed E-state index contributed by atoms with van der Waals surface area (Å²) in [6.45, 7) is 6.75. The van der Waals surface area contributed by atoms with Crippen molar-refractivity contribution in [3.63, 3.8) is 0 Å². The smallest absolute Gasteiger partial charge is 0.255 e. The highest BCUT2D eigenvalue weighted by Gasteiger charge is 2.16. The van der Waals surface area contributed by atoms with Gasteiger partial charge in [0.1, 0.15) is 0 Å². The number of amides is 1. The van der Waals surface area contributed by atoms with Crippen molar-refractivity contribution >= 4 is 27.5 Å². The number of nitrogens with zero attached hydrogens (tertiary/aromatic N) is 1. The second kappa shape index (κ2) is 5.70. The van der Waals surface area contributed by atoms with E-state index in [0.29, 0.717) is 28.8 Å². The van der Waals surface area contributed by atoms with Crippen LogP contribution >= 0.6 is 15.9 Å². The number of hydrogen-bond donors (Lipinski definition) is 1. The molecular weight excluding hydrogens is 268 g/mol. The van der Waals surface area contributed by atoms with Gasteiger partial charge in [-0.25, -0.2) is 0 Å². The van der Waals surface area contributed by atoms with E-state index in [9.17, 15) is 4.79 Å². The molecule has 0 radical (unpaired) electrons. The van der Waals surface area contributed by atoms with Crippen LogP contribution in [0.3, 0.4) is 0 Å². The fraction of sp³-hybridized carbons (Fsp3) is 0.250. The average molecular weight is 283 g/mol. The number of nitrogen functional groups attached to an aromatic ring is 1. The lowest BCUT2D eigenvalue weighted by Crippen LogP contribution is -2.31. The Morgan fingerprint density at radius 1 is 1.62 bits per heavy atom. The second-order valence-electron chi connectivity index (χ2n) is 3.34. The van der Waals surface area contributed by atoms with E-state index in [4.69, 9.17) is 5.73 Å². The molecule has 1 amide bonds. The van der Waals surface area contributed by atoms with Gasteiger partial charge in [-0.1, -0.05) is 12.1 Å². The number of anilines is 1. The van der Waals surface area contributed by atoms with Crippen LogP contribution in [0.25, 0.3) is 0 Å². The molecule has 0 heterocycles. The van der Waals surface area contributed by atoms with Crippen LogP contribution in [-0.2, 0) is 0 Å². The number of hydrogen-bond acceptors (Lipinski definition) is 2.